The van der Waals surface area contributed by atoms with Gasteiger partial charge in [0.2, 0.25) is 0 Å². The largest absolute Gasteiger partial charge is 0.494 e. The van der Waals surface area contributed by atoms with Crippen LogP contribution in [0.3, 0.4) is 0 Å². The third-order valence-electron chi connectivity index (χ3n) is 5.16. The molecule has 0 N–H and O–H groups in total. The van der Waals surface area contributed by atoms with Crippen LogP contribution < -0.4 is 4.74 Å². The van der Waals surface area contributed by atoms with Gasteiger partial charge in [0.25, 0.3) is 0 Å². The number of carbonyl (C=O) groups excluding carboxylic acids is 2. The van der Waals surface area contributed by atoms with Crippen molar-refractivity contribution < 1.29 is 14.3 Å². The number of para-hydroxylation sites is 1. The van der Waals surface area contributed by atoms with Crippen LogP contribution in [-0.4, -0.2) is 21.4 Å². The Morgan fingerprint density at radius 1 is 0.970 bits per heavy atom. The molecule has 172 valence electrons. The van der Waals surface area contributed by atoms with Crippen molar-refractivity contribution in [3.8, 4) is 11.8 Å². The molecule has 1 heterocycles. The Hall–Kier alpha value is -2.69. The second-order valence-corrected chi connectivity index (χ2v) is 10.6. The number of rotatable bonds is 11. The van der Waals surface area contributed by atoms with E-state index in [9.17, 15) is 9.59 Å². The minimum Gasteiger partial charge on any atom is -0.494 e. The number of nitrogens with zero attached hydrogens (tertiary/aromatic N) is 2. The van der Waals surface area contributed by atoms with Crippen LogP contribution in [0.1, 0.15) is 55.2 Å². The number of thioether (sulfide) groups is 2. The fourth-order valence-electron chi connectivity index (χ4n) is 3.65. The third-order valence-corrected chi connectivity index (χ3v) is 7.34. The summed E-state index contributed by atoms with van der Waals surface area (Å²) >= 11 is 2.41. The number of benzene rings is 2. The third kappa shape index (κ3) is 7.41. The van der Waals surface area contributed by atoms with Crippen molar-refractivity contribution in [2.24, 2.45) is 0 Å². The molecular formula is C26H28N2O3S2. The number of carbonyl (C=O) groups is 2. The van der Waals surface area contributed by atoms with E-state index in [1.54, 1.807) is 26.0 Å². The van der Waals surface area contributed by atoms with Crippen molar-refractivity contribution in [1.82, 2.24) is 4.57 Å². The van der Waals surface area contributed by atoms with Gasteiger partial charge in [-0.25, -0.2) is 0 Å². The van der Waals surface area contributed by atoms with Crippen molar-refractivity contribution in [3.63, 3.8) is 0 Å². The minimum atomic E-state index is -0.231. The van der Waals surface area contributed by atoms with E-state index < -0.39 is 0 Å². The van der Waals surface area contributed by atoms with Gasteiger partial charge in [0.1, 0.15) is 5.75 Å². The van der Waals surface area contributed by atoms with Gasteiger partial charge in [-0.2, -0.15) is 5.26 Å². The predicted octanol–water partition coefficient (Wildman–Crippen LogP) is 6.71. The van der Waals surface area contributed by atoms with Gasteiger partial charge in [-0.05, 0) is 43.2 Å². The van der Waals surface area contributed by atoms with Crippen LogP contribution >= 0.6 is 23.5 Å². The first-order valence-electron chi connectivity index (χ1n) is 11.0. The van der Waals surface area contributed by atoms with E-state index in [2.05, 4.69) is 29.0 Å². The Kier molecular flexibility index (Phi) is 9.47. The molecule has 0 atom stereocenters. The number of hydrogen-bond acceptors (Lipinski definition) is 6. The summed E-state index contributed by atoms with van der Waals surface area (Å²) in [5.41, 5.74) is 2.80. The van der Waals surface area contributed by atoms with Gasteiger partial charge in [0.05, 0.1) is 22.8 Å². The zero-order chi connectivity index (χ0) is 23.6. The lowest BCUT2D eigenvalue weighted by atomic mass is 10.2. The lowest BCUT2D eigenvalue weighted by molar-refractivity contribution is -0.109. The van der Waals surface area contributed by atoms with Gasteiger partial charge in [0.15, 0.2) is 10.2 Å². The number of fused-ring (bicyclic) bond motifs is 1. The standard InChI is InChI=1S/C26H28N2O3S2/c1-19(29)32-26(33-20(2)30)24-18-28(25-10-6-5-9-23(24)25)15-7-3-4-8-16-31-22-13-11-21(17-27)12-14-22/h5-6,9-14,18,26H,3-4,7-8,15-16H2,1-2H3. The number of aromatic nitrogens is 1. The molecule has 3 aromatic rings. The summed E-state index contributed by atoms with van der Waals surface area (Å²) < 4.78 is 7.76. The monoisotopic (exact) mass is 480 g/mol. The predicted molar refractivity (Wildman–Crippen MR) is 136 cm³/mol. The van der Waals surface area contributed by atoms with Crippen molar-refractivity contribution >= 4 is 44.7 Å². The molecule has 0 spiro atoms. The quantitative estimate of drug-likeness (QED) is 0.224. The summed E-state index contributed by atoms with van der Waals surface area (Å²) in [4.78, 5) is 23.6. The van der Waals surface area contributed by atoms with Crippen LogP contribution in [0.25, 0.3) is 10.9 Å². The highest BCUT2D eigenvalue weighted by Gasteiger charge is 2.22. The molecule has 0 amide bonds. The van der Waals surface area contributed by atoms with E-state index in [1.165, 1.54) is 23.5 Å². The SMILES string of the molecule is CC(=O)SC(SC(C)=O)c1cn(CCCCCCOc2ccc(C#N)cc2)c2ccccc12. The van der Waals surface area contributed by atoms with Crippen LogP contribution in [0.15, 0.2) is 54.7 Å². The number of unbranched alkanes of at least 4 members (excludes halogenated alkanes) is 3. The van der Waals surface area contributed by atoms with Crippen LogP contribution in [0, 0.1) is 11.3 Å². The van der Waals surface area contributed by atoms with E-state index in [1.807, 2.05) is 24.3 Å². The van der Waals surface area contributed by atoms with Gasteiger partial charge in [-0.15, -0.1) is 0 Å². The van der Waals surface area contributed by atoms with E-state index in [-0.39, 0.29) is 14.8 Å². The first kappa shape index (κ1) is 24.9. The summed E-state index contributed by atoms with van der Waals surface area (Å²) in [5, 5.41) is 9.96. The minimum absolute atomic E-state index is 0.00815. The lowest BCUT2D eigenvalue weighted by Gasteiger charge is -2.11. The zero-order valence-corrected chi connectivity index (χ0v) is 20.6. The first-order chi connectivity index (χ1) is 16.0. The average Bonchev–Trinajstić information content (AvgIpc) is 3.16. The van der Waals surface area contributed by atoms with Crippen LogP contribution in [0.4, 0.5) is 0 Å². The number of nitriles is 1. The molecule has 2 aromatic carbocycles. The van der Waals surface area contributed by atoms with Crippen molar-refractivity contribution in [2.75, 3.05) is 6.61 Å². The summed E-state index contributed by atoms with van der Waals surface area (Å²) in [6, 6.07) is 17.5. The van der Waals surface area contributed by atoms with E-state index in [0.717, 1.165) is 54.4 Å². The second kappa shape index (κ2) is 12.5. The molecule has 0 aliphatic rings. The Bertz CT molecular complexity index is 1120. The highest BCUT2D eigenvalue weighted by atomic mass is 32.2. The second-order valence-electron chi connectivity index (χ2n) is 7.74. The fraction of sp³-hybridized carbons (Fsp3) is 0.346. The number of ether oxygens (including phenoxy) is 1. The Morgan fingerprint density at radius 2 is 1.64 bits per heavy atom. The summed E-state index contributed by atoms with van der Waals surface area (Å²) in [5.74, 6) is 0.793. The molecule has 0 saturated carbocycles. The average molecular weight is 481 g/mol. The van der Waals surface area contributed by atoms with Crippen molar-refractivity contribution in [2.45, 2.75) is 50.7 Å². The molecule has 0 saturated heterocycles. The molecule has 0 bridgehead atoms. The lowest BCUT2D eigenvalue weighted by Crippen LogP contribution is -1.99. The molecule has 0 fully saturated rings. The topological polar surface area (TPSA) is 72.1 Å². The van der Waals surface area contributed by atoms with Gasteiger partial charge < -0.3 is 9.30 Å². The molecule has 0 aliphatic carbocycles. The van der Waals surface area contributed by atoms with Crippen molar-refractivity contribution in [3.05, 3.63) is 65.9 Å². The zero-order valence-electron chi connectivity index (χ0n) is 19.0. The Morgan fingerprint density at radius 3 is 2.30 bits per heavy atom. The molecule has 7 heteroatoms. The molecule has 1 aromatic heterocycles. The van der Waals surface area contributed by atoms with Crippen LogP contribution in [0.5, 0.6) is 5.75 Å². The van der Waals surface area contributed by atoms with Gasteiger partial charge in [0, 0.05) is 43.1 Å². The molecular weight excluding hydrogens is 452 g/mol. The Balaban J connectivity index is 1.53. The molecule has 0 unspecified atom stereocenters. The molecule has 33 heavy (non-hydrogen) atoms. The Labute approximate surface area is 203 Å². The maximum atomic E-state index is 11.8. The number of hydrogen-bond donors (Lipinski definition) is 0. The van der Waals surface area contributed by atoms with E-state index >= 15 is 0 Å². The van der Waals surface area contributed by atoms with Crippen molar-refractivity contribution in [1.29, 1.82) is 5.26 Å². The maximum absolute atomic E-state index is 11.8. The highest BCUT2D eigenvalue weighted by molar-refractivity contribution is 8.29. The normalized spacial score (nSPS) is 11.0. The van der Waals surface area contributed by atoms with Crippen LogP contribution in [-0.2, 0) is 16.1 Å². The summed E-state index contributed by atoms with van der Waals surface area (Å²) in [7, 11) is 0. The van der Waals surface area contributed by atoms with E-state index in [4.69, 9.17) is 10.00 Å². The fourth-order valence-corrected chi connectivity index (χ4v) is 5.89. The molecule has 5 nitrogen and oxygen atoms in total. The maximum Gasteiger partial charge on any atom is 0.187 e. The summed E-state index contributed by atoms with van der Waals surface area (Å²) in [6.07, 6.45) is 6.29. The first-order valence-corrected chi connectivity index (χ1v) is 12.8. The van der Waals surface area contributed by atoms with Crippen LogP contribution in [0.2, 0.25) is 0 Å². The van der Waals surface area contributed by atoms with E-state index in [0.29, 0.717) is 12.2 Å². The molecule has 3 rings (SSSR count). The molecule has 0 radical (unpaired) electrons. The smallest absolute Gasteiger partial charge is 0.187 e. The highest BCUT2D eigenvalue weighted by Crippen LogP contribution is 2.43. The van der Waals surface area contributed by atoms with Gasteiger partial charge in [-0.3, -0.25) is 9.59 Å². The van der Waals surface area contributed by atoms with Gasteiger partial charge >= 0.3 is 0 Å². The molecule has 0 aliphatic heterocycles. The summed E-state index contributed by atoms with van der Waals surface area (Å²) in [6.45, 7) is 4.64. The number of aryl methyl sites for hydroxylation is 1. The van der Waals surface area contributed by atoms with Gasteiger partial charge in [-0.1, -0.05) is 54.6 Å².